The maximum absolute atomic E-state index is 12.9. The molecule has 5 nitrogen and oxygen atoms in total. The molecule has 6 heteroatoms. The van der Waals surface area contributed by atoms with E-state index in [4.69, 9.17) is 0 Å². The van der Waals surface area contributed by atoms with Crippen molar-refractivity contribution in [3.63, 3.8) is 0 Å². The van der Waals surface area contributed by atoms with Crippen LogP contribution >= 0.6 is 11.3 Å². The van der Waals surface area contributed by atoms with E-state index in [1.165, 1.54) is 22.4 Å². The van der Waals surface area contributed by atoms with Gasteiger partial charge in [-0.25, -0.2) is 4.98 Å². The number of nitrogens with one attached hydrogen (secondary N) is 1. The van der Waals surface area contributed by atoms with E-state index < -0.39 is 0 Å². The zero-order valence-electron chi connectivity index (χ0n) is 15.5. The van der Waals surface area contributed by atoms with Crippen LogP contribution in [0.1, 0.15) is 40.8 Å². The normalized spacial score (nSPS) is 13.5. The molecule has 1 amide bonds. The summed E-state index contributed by atoms with van der Waals surface area (Å²) in [4.78, 5) is 31.7. The first-order chi connectivity index (χ1) is 13.1. The summed E-state index contributed by atoms with van der Waals surface area (Å²) in [5.74, 6) is -0.0603. The number of thiophene rings is 1. The third-order valence-corrected chi connectivity index (χ3v) is 6.33. The van der Waals surface area contributed by atoms with Gasteiger partial charge in [0.1, 0.15) is 4.83 Å². The Labute approximate surface area is 162 Å². The lowest BCUT2D eigenvalue weighted by atomic mass is 9.97. The Morgan fingerprint density at radius 1 is 1.22 bits per heavy atom. The van der Waals surface area contributed by atoms with E-state index in [1.54, 1.807) is 22.2 Å². The minimum Gasteiger partial charge on any atom is -0.352 e. The summed E-state index contributed by atoms with van der Waals surface area (Å²) >= 11 is 1.65. The summed E-state index contributed by atoms with van der Waals surface area (Å²) in [7, 11) is 0. The van der Waals surface area contributed by atoms with Crippen LogP contribution in [0.3, 0.4) is 0 Å². The van der Waals surface area contributed by atoms with Gasteiger partial charge in [0.25, 0.3) is 5.56 Å². The summed E-state index contributed by atoms with van der Waals surface area (Å²) < 4.78 is 1.58. The third kappa shape index (κ3) is 3.81. The molecule has 27 heavy (non-hydrogen) atoms. The number of fused-ring (bicyclic) bond motifs is 3. The van der Waals surface area contributed by atoms with Crippen molar-refractivity contribution in [2.45, 2.75) is 52.1 Å². The van der Waals surface area contributed by atoms with Gasteiger partial charge in [-0.2, -0.15) is 0 Å². The van der Waals surface area contributed by atoms with Crippen LogP contribution in [0.5, 0.6) is 0 Å². The Morgan fingerprint density at radius 2 is 2.00 bits per heavy atom. The fourth-order valence-electron chi connectivity index (χ4n) is 3.56. The fraction of sp³-hybridized carbons (Fsp3) is 0.381. The van der Waals surface area contributed by atoms with Crippen LogP contribution in [0.2, 0.25) is 0 Å². The van der Waals surface area contributed by atoms with Gasteiger partial charge in [-0.15, -0.1) is 11.3 Å². The zero-order valence-corrected chi connectivity index (χ0v) is 16.3. The van der Waals surface area contributed by atoms with Crippen molar-refractivity contribution >= 4 is 27.5 Å². The smallest absolute Gasteiger partial charge is 0.262 e. The maximum atomic E-state index is 12.9. The van der Waals surface area contributed by atoms with Crippen molar-refractivity contribution in [2.75, 3.05) is 0 Å². The number of aryl methyl sites for hydroxylation is 4. The number of amides is 1. The average molecular weight is 382 g/mol. The van der Waals surface area contributed by atoms with Crippen molar-refractivity contribution in [2.24, 2.45) is 0 Å². The molecule has 0 atom stereocenters. The van der Waals surface area contributed by atoms with Crippen molar-refractivity contribution < 1.29 is 4.79 Å². The first-order valence-corrected chi connectivity index (χ1v) is 10.3. The molecule has 1 N–H and O–H groups in total. The lowest BCUT2D eigenvalue weighted by molar-refractivity contribution is -0.121. The lowest BCUT2D eigenvalue weighted by Crippen LogP contribution is -2.27. The van der Waals surface area contributed by atoms with Gasteiger partial charge in [0.2, 0.25) is 5.91 Å². The van der Waals surface area contributed by atoms with Crippen LogP contribution in [0.15, 0.2) is 35.4 Å². The number of carbonyl (C=O) groups is 1. The highest BCUT2D eigenvalue weighted by molar-refractivity contribution is 7.18. The van der Waals surface area contributed by atoms with E-state index in [0.29, 0.717) is 13.1 Å². The minimum atomic E-state index is -0.0603. The van der Waals surface area contributed by atoms with Crippen molar-refractivity contribution in [1.82, 2.24) is 14.9 Å². The largest absolute Gasteiger partial charge is 0.352 e. The first kappa shape index (κ1) is 17.9. The van der Waals surface area contributed by atoms with Gasteiger partial charge in [0, 0.05) is 24.4 Å². The van der Waals surface area contributed by atoms with E-state index in [9.17, 15) is 9.59 Å². The molecule has 0 bridgehead atoms. The van der Waals surface area contributed by atoms with Crippen LogP contribution in [-0.2, 0) is 30.7 Å². The molecular formula is C21H23N3O2S. The highest BCUT2D eigenvalue weighted by Gasteiger charge is 2.20. The highest BCUT2D eigenvalue weighted by Crippen LogP contribution is 2.33. The number of nitrogens with zero attached hydrogens (tertiary/aromatic N) is 2. The number of carbonyl (C=O) groups excluding carboxylic acids is 1. The van der Waals surface area contributed by atoms with Gasteiger partial charge >= 0.3 is 0 Å². The molecular weight excluding hydrogens is 358 g/mol. The monoisotopic (exact) mass is 381 g/mol. The summed E-state index contributed by atoms with van der Waals surface area (Å²) in [5.41, 5.74) is 3.45. The highest BCUT2D eigenvalue weighted by atomic mass is 32.1. The Hall–Kier alpha value is -2.47. The van der Waals surface area contributed by atoms with E-state index >= 15 is 0 Å². The quantitative estimate of drug-likeness (QED) is 0.737. The number of aromatic nitrogens is 2. The molecule has 0 radical (unpaired) electrons. The molecule has 4 rings (SSSR count). The Morgan fingerprint density at radius 3 is 2.81 bits per heavy atom. The molecule has 2 aromatic heterocycles. The Bertz CT molecular complexity index is 1030. The van der Waals surface area contributed by atoms with Gasteiger partial charge in [0.15, 0.2) is 0 Å². The number of rotatable bonds is 5. The summed E-state index contributed by atoms with van der Waals surface area (Å²) in [6, 6.07) is 8.09. The van der Waals surface area contributed by atoms with Crippen molar-refractivity contribution in [1.29, 1.82) is 0 Å². The fourth-order valence-corrected chi connectivity index (χ4v) is 4.78. The second-order valence-electron chi connectivity index (χ2n) is 7.15. The second kappa shape index (κ2) is 7.64. The summed E-state index contributed by atoms with van der Waals surface area (Å²) in [5, 5.41) is 3.69. The van der Waals surface area contributed by atoms with Crippen LogP contribution in [0, 0.1) is 6.92 Å². The van der Waals surface area contributed by atoms with E-state index in [0.717, 1.165) is 35.0 Å². The van der Waals surface area contributed by atoms with Crippen molar-refractivity contribution in [3.05, 3.63) is 62.5 Å². The molecule has 2 heterocycles. The van der Waals surface area contributed by atoms with Crippen LogP contribution in [0.4, 0.5) is 0 Å². The van der Waals surface area contributed by atoms with E-state index in [1.807, 2.05) is 31.2 Å². The standard InChI is InChI=1S/C21H23N3O2S/c1-14-6-8-15(9-7-14)12-22-18(25)10-11-24-13-23-20-19(21(24)26)16-4-2-3-5-17(16)27-20/h6-9,13H,2-5,10-12H2,1H3,(H,22,25). The minimum absolute atomic E-state index is 0.00858. The van der Waals surface area contributed by atoms with Crippen LogP contribution in [0.25, 0.3) is 10.2 Å². The van der Waals surface area contributed by atoms with Gasteiger partial charge < -0.3 is 5.32 Å². The molecule has 0 aliphatic heterocycles. The molecule has 0 saturated carbocycles. The molecule has 3 aromatic rings. The molecule has 1 aromatic carbocycles. The molecule has 0 fully saturated rings. The summed E-state index contributed by atoms with van der Waals surface area (Å²) in [6.07, 6.45) is 6.19. The van der Waals surface area contributed by atoms with Crippen LogP contribution < -0.4 is 10.9 Å². The van der Waals surface area contributed by atoms with E-state index in [-0.39, 0.29) is 17.9 Å². The number of hydrogen-bond donors (Lipinski definition) is 1. The maximum Gasteiger partial charge on any atom is 0.262 e. The molecule has 0 spiro atoms. The van der Waals surface area contributed by atoms with E-state index in [2.05, 4.69) is 10.3 Å². The van der Waals surface area contributed by atoms with Crippen LogP contribution in [-0.4, -0.2) is 15.5 Å². The average Bonchev–Trinajstić information content (AvgIpc) is 3.06. The Balaban J connectivity index is 1.42. The van der Waals surface area contributed by atoms with Gasteiger partial charge in [0.05, 0.1) is 11.7 Å². The lowest BCUT2D eigenvalue weighted by Gasteiger charge is -2.10. The molecule has 0 unspecified atom stereocenters. The molecule has 140 valence electrons. The zero-order chi connectivity index (χ0) is 18.8. The second-order valence-corrected chi connectivity index (χ2v) is 8.23. The molecule has 0 saturated heterocycles. The number of hydrogen-bond acceptors (Lipinski definition) is 4. The number of benzene rings is 1. The summed E-state index contributed by atoms with van der Waals surface area (Å²) in [6.45, 7) is 2.89. The van der Waals surface area contributed by atoms with Crippen molar-refractivity contribution in [3.8, 4) is 0 Å². The molecule has 1 aliphatic rings. The van der Waals surface area contributed by atoms with Gasteiger partial charge in [-0.05, 0) is 43.7 Å². The SMILES string of the molecule is Cc1ccc(CNC(=O)CCn2cnc3sc4c(c3c2=O)CCCC4)cc1. The Kier molecular flexibility index (Phi) is 5.07. The van der Waals surface area contributed by atoms with Gasteiger partial charge in [-0.3, -0.25) is 14.2 Å². The molecule has 1 aliphatic carbocycles. The topological polar surface area (TPSA) is 64.0 Å². The third-order valence-electron chi connectivity index (χ3n) is 5.13. The predicted molar refractivity (Wildman–Crippen MR) is 108 cm³/mol. The first-order valence-electron chi connectivity index (χ1n) is 9.44. The van der Waals surface area contributed by atoms with Gasteiger partial charge in [-0.1, -0.05) is 29.8 Å². The predicted octanol–water partition coefficient (Wildman–Crippen LogP) is 3.35.